The third kappa shape index (κ3) is 5.25. The number of rotatable bonds is 7. The van der Waals surface area contributed by atoms with Crippen LogP contribution in [0.25, 0.3) is 5.57 Å². The fraction of sp³-hybridized carbons (Fsp3) is 0.206. The quantitative estimate of drug-likeness (QED) is 0.228. The summed E-state index contributed by atoms with van der Waals surface area (Å²) in [6, 6.07) is 20.9. The second-order valence-electron chi connectivity index (χ2n) is 10.4. The Balaban J connectivity index is 1.57. The molecule has 0 radical (unpaired) electrons. The summed E-state index contributed by atoms with van der Waals surface area (Å²) in [6.07, 6.45) is 0. The number of hydrogen-bond donors (Lipinski definition) is 0. The molecule has 0 spiro atoms. The topological polar surface area (TPSA) is 117 Å². The van der Waals surface area contributed by atoms with Crippen LogP contribution >= 0.6 is 11.3 Å². The van der Waals surface area contributed by atoms with Gasteiger partial charge in [-0.05, 0) is 43.2 Å². The summed E-state index contributed by atoms with van der Waals surface area (Å²) < 4.78 is 17.8. The van der Waals surface area contributed by atoms with Crippen molar-refractivity contribution < 1.29 is 28.6 Å². The van der Waals surface area contributed by atoms with Crippen molar-refractivity contribution >= 4 is 40.4 Å². The molecule has 0 saturated heterocycles. The Kier molecular flexibility index (Phi) is 7.94. The van der Waals surface area contributed by atoms with Gasteiger partial charge in [-0.15, -0.1) is 0 Å². The Labute approximate surface area is 262 Å². The predicted octanol–water partition coefficient (Wildman–Crippen LogP) is 3.65. The number of aromatic nitrogens is 1. The van der Waals surface area contributed by atoms with Crippen LogP contribution < -0.4 is 29.3 Å². The maximum atomic E-state index is 14.5. The fourth-order valence-electron chi connectivity index (χ4n) is 5.67. The van der Waals surface area contributed by atoms with Crippen LogP contribution in [-0.4, -0.2) is 36.1 Å². The van der Waals surface area contributed by atoms with E-state index in [1.54, 1.807) is 36.9 Å². The third-order valence-corrected chi connectivity index (χ3v) is 8.64. The number of methoxy groups -OCH3 is 1. The highest BCUT2D eigenvalue weighted by molar-refractivity contribution is 7.07. The van der Waals surface area contributed by atoms with Gasteiger partial charge in [-0.2, -0.15) is 0 Å². The van der Waals surface area contributed by atoms with Gasteiger partial charge in [0.1, 0.15) is 4.53 Å². The van der Waals surface area contributed by atoms with Crippen LogP contribution in [0.2, 0.25) is 0 Å². The Bertz CT molecular complexity index is 2080. The van der Waals surface area contributed by atoms with Crippen LogP contribution in [-0.2, 0) is 25.7 Å². The number of hydrogen-bond acceptors (Lipinski definition) is 9. The normalized spacial score (nSPS) is 16.6. The van der Waals surface area contributed by atoms with Crippen molar-refractivity contribution in [2.75, 3.05) is 18.6 Å². The first-order valence-corrected chi connectivity index (χ1v) is 15.1. The Morgan fingerprint density at radius 2 is 1.71 bits per heavy atom. The highest BCUT2D eigenvalue weighted by Gasteiger charge is 2.37. The van der Waals surface area contributed by atoms with Gasteiger partial charge in [-0.25, -0.2) is 9.79 Å². The van der Waals surface area contributed by atoms with Crippen molar-refractivity contribution in [3.63, 3.8) is 0 Å². The Morgan fingerprint density at radius 1 is 0.978 bits per heavy atom. The van der Waals surface area contributed by atoms with Crippen molar-refractivity contribution in [1.29, 1.82) is 0 Å². The number of carbonyl (C=O) groups is 3. The van der Waals surface area contributed by atoms with E-state index in [4.69, 9.17) is 14.2 Å². The second kappa shape index (κ2) is 12.0. The lowest BCUT2D eigenvalue weighted by Gasteiger charge is -2.25. The monoisotopic (exact) mass is 623 g/mol. The van der Waals surface area contributed by atoms with Crippen LogP contribution in [0.5, 0.6) is 11.5 Å². The van der Waals surface area contributed by atoms with E-state index in [0.717, 1.165) is 16.9 Å². The molecule has 0 bridgehead atoms. The molecule has 11 heteroatoms. The average molecular weight is 624 g/mol. The molecule has 1 amide bonds. The first kappa shape index (κ1) is 29.8. The van der Waals surface area contributed by atoms with E-state index >= 15 is 0 Å². The largest absolute Gasteiger partial charge is 0.493 e. The summed E-state index contributed by atoms with van der Waals surface area (Å²) in [4.78, 5) is 60.2. The first-order chi connectivity index (χ1) is 21.7. The van der Waals surface area contributed by atoms with Gasteiger partial charge in [0.2, 0.25) is 0 Å². The van der Waals surface area contributed by atoms with Crippen molar-refractivity contribution in [3.8, 4) is 11.5 Å². The summed E-state index contributed by atoms with van der Waals surface area (Å²) in [5, 5.41) is 0. The second-order valence-corrected chi connectivity index (χ2v) is 11.4. The molecule has 10 nitrogen and oxygen atoms in total. The third-order valence-electron chi connectivity index (χ3n) is 7.58. The van der Waals surface area contributed by atoms with Crippen LogP contribution in [0.1, 0.15) is 43.5 Å². The number of benzene rings is 3. The fourth-order valence-corrected chi connectivity index (χ4v) is 6.81. The molecule has 4 aromatic rings. The van der Waals surface area contributed by atoms with Crippen molar-refractivity contribution in [3.05, 3.63) is 120 Å². The smallest absolute Gasteiger partial charge is 0.338 e. The molecule has 2 aliphatic heterocycles. The van der Waals surface area contributed by atoms with Gasteiger partial charge in [0, 0.05) is 12.5 Å². The molecule has 1 aromatic heterocycles. The average Bonchev–Trinajstić information content (AvgIpc) is 3.49. The summed E-state index contributed by atoms with van der Waals surface area (Å²) in [7, 11) is 1.43. The molecule has 45 heavy (non-hydrogen) atoms. The number of carbonyl (C=O) groups excluding carboxylic acids is 3. The number of ether oxygens (including phenoxy) is 3. The van der Waals surface area contributed by atoms with E-state index in [1.165, 1.54) is 18.6 Å². The van der Waals surface area contributed by atoms with Crippen molar-refractivity contribution in [1.82, 2.24) is 4.57 Å². The van der Waals surface area contributed by atoms with Gasteiger partial charge in [0.25, 0.3) is 11.5 Å². The van der Waals surface area contributed by atoms with Crippen LogP contribution in [0.15, 0.2) is 93.9 Å². The van der Waals surface area contributed by atoms with Crippen LogP contribution in [0.4, 0.5) is 5.69 Å². The van der Waals surface area contributed by atoms with E-state index in [0.29, 0.717) is 33.9 Å². The van der Waals surface area contributed by atoms with Crippen molar-refractivity contribution in [2.45, 2.75) is 33.4 Å². The molecule has 2 aliphatic rings. The Hall–Kier alpha value is -5.29. The molecular weight excluding hydrogens is 594 g/mol. The molecule has 3 aromatic carbocycles. The lowest BCUT2D eigenvalue weighted by molar-refractivity contribution is -0.139. The summed E-state index contributed by atoms with van der Waals surface area (Å²) >= 11 is 1.10. The summed E-state index contributed by atoms with van der Waals surface area (Å²) in [5.74, 6) is -1.02. The lowest BCUT2D eigenvalue weighted by Crippen LogP contribution is -2.41. The molecular formula is C34H29N3O7S. The summed E-state index contributed by atoms with van der Waals surface area (Å²) in [6.45, 7) is 5.11. The molecule has 3 heterocycles. The molecule has 1 atom stereocenters. The number of allylic oxidation sites excluding steroid dienone is 1. The SMILES string of the molecule is CCOC(=O)C1=C(C)N=c2sc(=C3C(=O)N(Cc4ccccc4)c4ccccc43)c(=O)n2C1c1ccc(OC(C)=O)c(OC)c1. The minimum atomic E-state index is -0.956. The maximum Gasteiger partial charge on any atom is 0.338 e. The number of amides is 1. The highest BCUT2D eigenvalue weighted by Crippen LogP contribution is 2.38. The number of thiazole rings is 1. The van der Waals surface area contributed by atoms with E-state index in [1.807, 2.05) is 54.6 Å². The standard InChI is InChI=1S/C34H29N3O7S/c1-5-43-33(41)27-19(2)35-34-37(29(27)22-15-16-25(44-20(3)38)26(17-22)42-4)32(40)30(45-34)28-23-13-9-10-14-24(23)36(31(28)39)18-21-11-7-6-8-12-21/h6-17,29H,5,18H2,1-4H3. The lowest BCUT2D eigenvalue weighted by atomic mass is 9.95. The maximum absolute atomic E-state index is 14.5. The Morgan fingerprint density at radius 3 is 2.42 bits per heavy atom. The zero-order valence-corrected chi connectivity index (χ0v) is 25.8. The van der Waals surface area contributed by atoms with Crippen LogP contribution in [0.3, 0.4) is 0 Å². The van der Waals surface area contributed by atoms with Crippen LogP contribution in [0, 0.1) is 0 Å². The predicted molar refractivity (Wildman–Crippen MR) is 168 cm³/mol. The number of anilines is 1. The van der Waals surface area contributed by atoms with E-state index < -0.39 is 23.5 Å². The van der Waals surface area contributed by atoms with Crippen molar-refractivity contribution in [2.24, 2.45) is 4.99 Å². The molecule has 228 valence electrons. The zero-order valence-electron chi connectivity index (χ0n) is 25.0. The highest BCUT2D eigenvalue weighted by atomic mass is 32.1. The molecule has 6 rings (SSSR count). The van der Waals surface area contributed by atoms with Gasteiger partial charge < -0.3 is 19.1 Å². The van der Waals surface area contributed by atoms with Gasteiger partial charge in [-0.3, -0.25) is 19.0 Å². The number of esters is 2. The van der Waals surface area contributed by atoms with Gasteiger partial charge in [-0.1, -0.05) is 65.9 Å². The molecule has 1 unspecified atom stereocenters. The number of nitrogens with zero attached hydrogens (tertiary/aromatic N) is 3. The van der Waals surface area contributed by atoms with Gasteiger partial charge in [0.05, 0.1) is 48.8 Å². The van der Waals surface area contributed by atoms with Gasteiger partial charge in [0.15, 0.2) is 16.3 Å². The number of fused-ring (bicyclic) bond motifs is 2. The van der Waals surface area contributed by atoms with Gasteiger partial charge >= 0.3 is 11.9 Å². The molecule has 0 fully saturated rings. The zero-order chi connectivity index (χ0) is 31.8. The number of para-hydroxylation sites is 1. The summed E-state index contributed by atoms with van der Waals surface area (Å²) in [5.41, 5.74) is 3.17. The first-order valence-electron chi connectivity index (χ1n) is 14.3. The minimum absolute atomic E-state index is 0.119. The molecule has 0 N–H and O–H groups in total. The van der Waals surface area contributed by atoms with E-state index in [2.05, 4.69) is 4.99 Å². The van der Waals surface area contributed by atoms with E-state index in [9.17, 15) is 19.2 Å². The van der Waals surface area contributed by atoms with E-state index in [-0.39, 0.29) is 39.7 Å². The minimum Gasteiger partial charge on any atom is -0.493 e. The molecule has 0 aliphatic carbocycles. The molecule has 0 saturated carbocycles.